The first kappa shape index (κ1) is 22.4. The molecule has 0 radical (unpaired) electrons. The lowest BCUT2D eigenvalue weighted by atomic mass is 10.2. The Bertz CT molecular complexity index is 988. The van der Waals surface area contributed by atoms with Crippen molar-refractivity contribution in [2.45, 2.75) is 46.8 Å². The molecule has 0 spiro atoms. The number of nitrogens with one attached hydrogen (secondary N) is 1. The van der Waals surface area contributed by atoms with Crippen molar-refractivity contribution < 1.29 is 14.0 Å². The van der Waals surface area contributed by atoms with Crippen molar-refractivity contribution in [1.29, 1.82) is 0 Å². The Balaban J connectivity index is 1.62. The maximum atomic E-state index is 12.5. The molecule has 0 fully saturated rings. The molecule has 0 aliphatic carbocycles. The summed E-state index contributed by atoms with van der Waals surface area (Å²) >= 11 is 0. The summed E-state index contributed by atoms with van der Waals surface area (Å²) in [6.07, 6.45) is 2.88. The van der Waals surface area contributed by atoms with Gasteiger partial charge in [0.15, 0.2) is 5.76 Å². The second-order valence-corrected chi connectivity index (χ2v) is 7.98. The molecule has 6 heteroatoms. The fourth-order valence-corrected chi connectivity index (χ4v) is 3.46. The Morgan fingerprint density at radius 3 is 2.55 bits per heavy atom. The molecule has 2 amide bonds. The normalized spacial score (nSPS) is 11.0. The topological polar surface area (TPSA) is 67.5 Å². The summed E-state index contributed by atoms with van der Waals surface area (Å²) in [5, 5.41) is 2.88. The number of carbonyl (C=O) groups is 2. The fourth-order valence-electron chi connectivity index (χ4n) is 3.46. The minimum absolute atomic E-state index is 0.0306. The quantitative estimate of drug-likeness (QED) is 0.526. The standard InChI is InChI=1S/C25H31N3O3/c1-4-14-28(25(30)19(2)3)17-21-11-8-15-27(21)18-22-12-13-23(31-22)24(29)26-16-20-9-6-5-7-10-20/h5-13,15,19H,4,14,16-18H2,1-3H3,(H,26,29). The molecule has 0 unspecified atom stereocenters. The zero-order chi connectivity index (χ0) is 22.2. The molecule has 1 N–H and O–H groups in total. The Labute approximate surface area is 183 Å². The van der Waals surface area contributed by atoms with Crippen molar-refractivity contribution in [3.8, 4) is 0 Å². The van der Waals surface area contributed by atoms with Crippen LogP contribution < -0.4 is 5.32 Å². The molecule has 6 nitrogen and oxygen atoms in total. The molecule has 31 heavy (non-hydrogen) atoms. The molecular formula is C25H31N3O3. The van der Waals surface area contributed by atoms with E-state index >= 15 is 0 Å². The van der Waals surface area contributed by atoms with Crippen molar-refractivity contribution in [1.82, 2.24) is 14.8 Å². The van der Waals surface area contributed by atoms with E-state index in [0.717, 1.165) is 24.2 Å². The zero-order valence-electron chi connectivity index (χ0n) is 18.5. The first-order valence-electron chi connectivity index (χ1n) is 10.8. The van der Waals surface area contributed by atoms with Crippen molar-refractivity contribution in [3.05, 3.63) is 83.6 Å². The molecule has 0 aliphatic heterocycles. The van der Waals surface area contributed by atoms with Crippen LogP contribution in [0.1, 0.15) is 54.8 Å². The third kappa shape index (κ3) is 6.10. The summed E-state index contributed by atoms with van der Waals surface area (Å²) in [7, 11) is 0. The third-order valence-corrected chi connectivity index (χ3v) is 5.08. The predicted octanol–water partition coefficient (Wildman–Crippen LogP) is 4.45. The van der Waals surface area contributed by atoms with E-state index in [-0.39, 0.29) is 17.7 Å². The van der Waals surface area contributed by atoms with E-state index < -0.39 is 0 Å². The molecule has 164 valence electrons. The maximum Gasteiger partial charge on any atom is 0.287 e. The summed E-state index contributed by atoms with van der Waals surface area (Å²) in [6, 6.07) is 17.3. The monoisotopic (exact) mass is 421 g/mol. The van der Waals surface area contributed by atoms with E-state index in [1.807, 2.05) is 73.5 Å². The summed E-state index contributed by atoms with van der Waals surface area (Å²) < 4.78 is 7.84. The van der Waals surface area contributed by atoms with Crippen LogP contribution in [0.3, 0.4) is 0 Å². The van der Waals surface area contributed by atoms with Gasteiger partial charge in [-0.2, -0.15) is 0 Å². The van der Waals surface area contributed by atoms with Gasteiger partial charge < -0.3 is 19.2 Å². The van der Waals surface area contributed by atoms with Crippen molar-refractivity contribution >= 4 is 11.8 Å². The lowest BCUT2D eigenvalue weighted by Crippen LogP contribution is -2.35. The lowest BCUT2D eigenvalue weighted by Gasteiger charge is -2.24. The molecule has 0 saturated carbocycles. The van der Waals surface area contributed by atoms with Gasteiger partial charge in [0.05, 0.1) is 13.1 Å². The summed E-state index contributed by atoms with van der Waals surface area (Å²) in [5.41, 5.74) is 2.07. The SMILES string of the molecule is CCCN(Cc1cccn1Cc1ccc(C(=O)NCc2ccccc2)o1)C(=O)C(C)C. The smallest absolute Gasteiger partial charge is 0.287 e. The zero-order valence-corrected chi connectivity index (χ0v) is 18.5. The molecule has 2 heterocycles. The number of amides is 2. The molecule has 0 saturated heterocycles. The van der Waals surface area contributed by atoms with Gasteiger partial charge >= 0.3 is 0 Å². The highest BCUT2D eigenvalue weighted by Crippen LogP contribution is 2.15. The van der Waals surface area contributed by atoms with E-state index in [0.29, 0.717) is 31.2 Å². The highest BCUT2D eigenvalue weighted by molar-refractivity contribution is 5.91. The number of hydrogen-bond acceptors (Lipinski definition) is 3. The first-order chi connectivity index (χ1) is 15.0. The summed E-state index contributed by atoms with van der Waals surface area (Å²) in [6.45, 7) is 8.18. The molecule has 0 bridgehead atoms. The second-order valence-electron chi connectivity index (χ2n) is 7.98. The number of aromatic nitrogens is 1. The van der Waals surface area contributed by atoms with E-state index in [2.05, 4.69) is 16.8 Å². The van der Waals surface area contributed by atoms with Gasteiger partial charge in [0.1, 0.15) is 5.76 Å². The van der Waals surface area contributed by atoms with Gasteiger partial charge in [-0.1, -0.05) is 51.1 Å². The Hall–Kier alpha value is -3.28. The predicted molar refractivity (Wildman–Crippen MR) is 120 cm³/mol. The largest absolute Gasteiger partial charge is 0.454 e. The third-order valence-electron chi connectivity index (χ3n) is 5.08. The van der Waals surface area contributed by atoms with Gasteiger partial charge in [-0.15, -0.1) is 0 Å². The van der Waals surface area contributed by atoms with Crippen molar-refractivity contribution in [3.63, 3.8) is 0 Å². The van der Waals surface area contributed by atoms with E-state index in [1.54, 1.807) is 6.07 Å². The van der Waals surface area contributed by atoms with E-state index in [1.165, 1.54) is 0 Å². The number of nitrogens with zero attached hydrogens (tertiary/aromatic N) is 2. The van der Waals surface area contributed by atoms with Crippen LogP contribution in [0, 0.1) is 5.92 Å². The number of rotatable bonds is 10. The van der Waals surface area contributed by atoms with Crippen molar-refractivity contribution in [2.75, 3.05) is 6.54 Å². The summed E-state index contributed by atoms with van der Waals surface area (Å²) in [4.78, 5) is 26.8. The molecule has 3 aromatic rings. The minimum atomic E-state index is -0.237. The molecule has 2 aromatic heterocycles. The molecule has 3 rings (SSSR count). The Kier molecular flexibility index (Phi) is 7.70. The van der Waals surface area contributed by atoms with Crippen LogP contribution in [0.25, 0.3) is 0 Å². The summed E-state index contributed by atoms with van der Waals surface area (Å²) in [5.74, 6) is 0.878. The van der Waals surface area contributed by atoms with Crippen LogP contribution in [-0.4, -0.2) is 27.8 Å². The van der Waals surface area contributed by atoms with Gasteiger partial charge in [-0.05, 0) is 36.2 Å². The average molecular weight is 422 g/mol. The van der Waals surface area contributed by atoms with Gasteiger partial charge in [0, 0.05) is 30.9 Å². The van der Waals surface area contributed by atoms with Crippen molar-refractivity contribution in [2.24, 2.45) is 5.92 Å². The van der Waals surface area contributed by atoms with Gasteiger partial charge in [0.25, 0.3) is 5.91 Å². The first-order valence-corrected chi connectivity index (χ1v) is 10.8. The van der Waals surface area contributed by atoms with Gasteiger partial charge in [-0.25, -0.2) is 0 Å². The molecular weight excluding hydrogens is 390 g/mol. The van der Waals surface area contributed by atoms with Crippen LogP contribution >= 0.6 is 0 Å². The lowest BCUT2D eigenvalue weighted by molar-refractivity contribution is -0.135. The second kappa shape index (κ2) is 10.7. The average Bonchev–Trinajstić information content (AvgIpc) is 3.42. The highest BCUT2D eigenvalue weighted by atomic mass is 16.4. The molecule has 1 aromatic carbocycles. The molecule has 0 atom stereocenters. The van der Waals surface area contributed by atoms with Gasteiger partial charge in [0.2, 0.25) is 5.91 Å². The number of furan rings is 1. The van der Waals surface area contributed by atoms with Crippen LogP contribution in [0.15, 0.2) is 65.2 Å². The molecule has 0 aliphatic rings. The number of carbonyl (C=O) groups excluding carboxylic acids is 2. The van der Waals surface area contributed by atoms with E-state index in [4.69, 9.17) is 4.42 Å². The van der Waals surface area contributed by atoms with Crippen LogP contribution in [0.4, 0.5) is 0 Å². The van der Waals surface area contributed by atoms with Crippen LogP contribution in [-0.2, 0) is 24.4 Å². The number of hydrogen-bond donors (Lipinski definition) is 1. The minimum Gasteiger partial charge on any atom is -0.454 e. The van der Waals surface area contributed by atoms with Crippen LogP contribution in [0.2, 0.25) is 0 Å². The highest BCUT2D eigenvalue weighted by Gasteiger charge is 2.18. The Morgan fingerprint density at radius 2 is 1.84 bits per heavy atom. The number of benzene rings is 1. The Morgan fingerprint density at radius 1 is 1.06 bits per heavy atom. The maximum absolute atomic E-state index is 12.5. The van der Waals surface area contributed by atoms with E-state index in [9.17, 15) is 9.59 Å². The fraction of sp³-hybridized carbons (Fsp3) is 0.360. The van der Waals surface area contributed by atoms with Crippen LogP contribution in [0.5, 0.6) is 0 Å². The van der Waals surface area contributed by atoms with Gasteiger partial charge in [-0.3, -0.25) is 9.59 Å².